The third kappa shape index (κ3) is 3.61. The van der Waals surface area contributed by atoms with Crippen LogP contribution in [0.2, 0.25) is 0 Å². The van der Waals surface area contributed by atoms with Crippen LogP contribution in [0, 0.1) is 6.92 Å². The summed E-state index contributed by atoms with van der Waals surface area (Å²) >= 11 is 5.54. The minimum absolute atomic E-state index is 0.0137. The molecule has 1 N–H and O–H groups in total. The monoisotopic (exact) mass is 319 g/mol. The van der Waals surface area contributed by atoms with Crippen LogP contribution in [0.1, 0.15) is 18.3 Å². The predicted molar refractivity (Wildman–Crippen MR) is 63.4 cm³/mol. The smallest absolute Gasteiger partial charge is 0.281 e. The Morgan fingerprint density at radius 1 is 1.42 bits per heavy atom. The van der Waals surface area contributed by atoms with Gasteiger partial charge in [-0.3, -0.25) is 5.10 Å². The number of hydrogen-bond acceptors (Lipinski definition) is 3. The highest BCUT2D eigenvalue weighted by Gasteiger charge is 2.38. The number of hydrogen-bond donors (Lipinski definition) is 1. The Labute approximate surface area is 113 Å². The van der Waals surface area contributed by atoms with E-state index in [-0.39, 0.29) is 28.7 Å². The number of nitrogens with zero attached hydrogens (tertiary/aromatic N) is 2. The fourth-order valence-electron chi connectivity index (χ4n) is 1.60. The molecule has 0 radical (unpaired) electrons. The zero-order chi connectivity index (χ0) is 14.8. The molecule has 1 rings (SSSR count). The van der Waals surface area contributed by atoms with Crippen LogP contribution in [-0.4, -0.2) is 42.2 Å². The van der Waals surface area contributed by atoms with Gasteiger partial charge in [0.05, 0.1) is 17.3 Å². The maximum Gasteiger partial charge on any atom is 0.402 e. The number of aromatic nitrogens is 2. The summed E-state index contributed by atoms with van der Waals surface area (Å²) in [6.45, 7) is 0.906. The molecule has 110 valence electrons. The highest BCUT2D eigenvalue weighted by molar-refractivity contribution is 7.89. The van der Waals surface area contributed by atoms with Crippen LogP contribution in [0.25, 0.3) is 0 Å². The number of alkyl halides is 4. The van der Waals surface area contributed by atoms with Gasteiger partial charge in [-0.25, -0.2) is 8.42 Å². The molecular formula is C9H13ClF3N3O2S. The Morgan fingerprint density at radius 2 is 2.00 bits per heavy atom. The Bertz CT molecular complexity index is 541. The van der Waals surface area contributed by atoms with E-state index in [0.29, 0.717) is 4.31 Å². The quantitative estimate of drug-likeness (QED) is 0.844. The number of aryl methyl sites for hydroxylation is 1. The molecule has 0 aliphatic rings. The average Bonchev–Trinajstić information content (AvgIpc) is 2.66. The molecule has 0 spiro atoms. The van der Waals surface area contributed by atoms with E-state index in [1.807, 2.05) is 0 Å². The van der Waals surface area contributed by atoms with Gasteiger partial charge in [0, 0.05) is 6.54 Å². The van der Waals surface area contributed by atoms with Crippen LogP contribution in [0.4, 0.5) is 13.2 Å². The standard InChI is InChI=1S/C9H13ClF3N3O2S/c1-3-16(5-9(11,12)13)19(17,18)8-6(2)14-15-7(8)4-10/h3-5H2,1-2H3,(H,14,15). The number of aromatic amines is 1. The van der Waals surface area contributed by atoms with Crippen LogP contribution >= 0.6 is 11.6 Å². The van der Waals surface area contributed by atoms with E-state index in [1.165, 1.54) is 13.8 Å². The number of H-pyrrole nitrogens is 1. The van der Waals surface area contributed by atoms with Crippen molar-refractivity contribution in [1.82, 2.24) is 14.5 Å². The molecule has 0 saturated heterocycles. The lowest BCUT2D eigenvalue weighted by atomic mass is 10.4. The summed E-state index contributed by atoms with van der Waals surface area (Å²) in [5.41, 5.74) is 0.177. The Morgan fingerprint density at radius 3 is 2.42 bits per heavy atom. The molecule has 0 atom stereocenters. The molecule has 5 nitrogen and oxygen atoms in total. The molecular weight excluding hydrogens is 307 g/mol. The van der Waals surface area contributed by atoms with Gasteiger partial charge >= 0.3 is 6.18 Å². The summed E-state index contributed by atoms with van der Waals surface area (Å²) in [7, 11) is -4.28. The topological polar surface area (TPSA) is 66.1 Å². The lowest BCUT2D eigenvalue weighted by molar-refractivity contribution is -0.135. The van der Waals surface area contributed by atoms with Gasteiger partial charge in [0.15, 0.2) is 0 Å². The highest BCUT2D eigenvalue weighted by atomic mass is 35.5. The fourth-order valence-corrected chi connectivity index (χ4v) is 3.63. The molecule has 0 aliphatic carbocycles. The normalized spacial score (nSPS) is 13.2. The van der Waals surface area contributed by atoms with E-state index in [2.05, 4.69) is 10.2 Å². The summed E-state index contributed by atoms with van der Waals surface area (Å²) in [5, 5.41) is 6.08. The summed E-state index contributed by atoms with van der Waals surface area (Å²) < 4.78 is 61.9. The Kier molecular flexibility index (Phi) is 4.86. The van der Waals surface area contributed by atoms with E-state index in [0.717, 1.165) is 0 Å². The summed E-state index contributed by atoms with van der Waals surface area (Å²) in [6.07, 6.45) is -4.61. The van der Waals surface area contributed by atoms with E-state index in [1.54, 1.807) is 0 Å². The lowest BCUT2D eigenvalue weighted by Gasteiger charge is -2.21. The van der Waals surface area contributed by atoms with Crippen LogP contribution in [0.15, 0.2) is 4.90 Å². The molecule has 19 heavy (non-hydrogen) atoms. The number of nitrogens with one attached hydrogen (secondary N) is 1. The van der Waals surface area contributed by atoms with E-state index >= 15 is 0 Å². The van der Waals surface area contributed by atoms with Gasteiger partial charge in [0.25, 0.3) is 0 Å². The van der Waals surface area contributed by atoms with Crippen molar-refractivity contribution in [2.24, 2.45) is 0 Å². The van der Waals surface area contributed by atoms with Crippen molar-refractivity contribution in [2.45, 2.75) is 30.8 Å². The van der Waals surface area contributed by atoms with Crippen molar-refractivity contribution in [1.29, 1.82) is 0 Å². The first-order valence-electron chi connectivity index (χ1n) is 5.30. The van der Waals surface area contributed by atoms with Crippen LogP contribution in [0.5, 0.6) is 0 Å². The third-order valence-corrected chi connectivity index (χ3v) is 4.77. The maximum atomic E-state index is 12.4. The molecule has 1 heterocycles. The summed E-state index contributed by atoms with van der Waals surface area (Å²) in [5.74, 6) is -0.206. The fraction of sp³-hybridized carbons (Fsp3) is 0.667. The van der Waals surface area contributed by atoms with Crippen molar-refractivity contribution in [3.05, 3.63) is 11.4 Å². The zero-order valence-corrected chi connectivity index (χ0v) is 11.8. The molecule has 0 saturated carbocycles. The van der Waals surface area contributed by atoms with Gasteiger partial charge in [-0.2, -0.15) is 22.6 Å². The van der Waals surface area contributed by atoms with E-state index in [4.69, 9.17) is 11.6 Å². The van der Waals surface area contributed by atoms with Gasteiger partial charge in [0.2, 0.25) is 10.0 Å². The first-order valence-corrected chi connectivity index (χ1v) is 7.27. The second-order valence-electron chi connectivity index (χ2n) is 3.80. The predicted octanol–water partition coefficient (Wildman–Crippen LogP) is 2.03. The number of sulfonamides is 1. The van der Waals surface area contributed by atoms with Crippen LogP contribution in [-0.2, 0) is 15.9 Å². The van der Waals surface area contributed by atoms with Gasteiger partial charge in [-0.15, -0.1) is 11.6 Å². The number of rotatable bonds is 5. The van der Waals surface area contributed by atoms with E-state index < -0.39 is 22.7 Å². The van der Waals surface area contributed by atoms with Gasteiger partial charge in [0.1, 0.15) is 11.4 Å². The number of halogens is 4. The van der Waals surface area contributed by atoms with Crippen LogP contribution < -0.4 is 0 Å². The second kappa shape index (κ2) is 5.68. The zero-order valence-electron chi connectivity index (χ0n) is 10.3. The molecule has 1 aromatic heterocycles. The molecule has 0 bridgehead atoms. The Balaban J connectivity index is 3.25. The molecule has 0 fully saturated rings. The first kappa shape index (κ1) is 16.3. The largest absolute Gasteiger partial charge is 0.402 e. The minimum Gasteiger partial charge on any atom is -0.281 e. The molecule has 0 amide bonds. The lowest BCUT2D eigenvalue weighted by Crippen LogP contribution is -2.39. The van der Waals surface area contributed by atoms with Crippen molar-refractivity contribution in [3.8, 4) is 0 Å². The SMILES string of the molecule is CCN(CC(F)(F)F)S(=O)(=O)c1c(CCl)n[nH]c1C. The average molecular weight is 320 g/mol. The van der Waals surface area contributed by atoms with E-state index in [9.17, 15) is 21.6 Å². The molecule has 10 heteroatoms. The van der Waals surface area contributed by atoms with Gasteiger partial charge < -0.3 is 0 Å². The van der Waals surface area contributed by atoms with Crippen molar-refractivity contribution in [3.63, 3.8) is 0 Å². The maximum absolute atomic E-state index is 12.4. The van der Waals surface area contributed by atoms with Crippen molar-refractivity contribution in [2.75, 3.05) is 13.1 Å². The molecule has 1 aromatic rings. The molecule has 0 unspecified atom stereocenters. The van der Waals surface area contributed by atoms with Gasteiger partial charge in [-0.1, -0.05) is 6.92 Å². The minimum atomic E-state index is -4.61. The Hall–Kier alpha value is -0.800. The second-order valence-corrected chi connectivity index (χ2v) is 5.95. The third-order valence-electron chi connectivity index (χ3n) is 2.39. The summed E-state index contributed by atoms with van der Waals surface area (Å²) in [6, 6.07) is 0. The van der Waals surface area contributed by atoms with Gasteiger partial charge in [-0.05, 0) is 6.92 Å². The molecule has 0 aliphatic heterocycles. The highest BCUT2D eigenvalue weighted by Crippen LogP contribution is 2.26. The van der Waals surface area contributed by atoms with Crippen LogP contribution in [0.3, 0.4) is 0 Å². The summed E-state index contributed by atoms with van der Waals surface area (Å²) in [4.78, 5) is -0.284. The van der Waals surface area contributed by atoms with Crippen molar-refractivity contribution < 1.29 is 21.6 Å². The molecule has 0 aromatic carbocycles. The van der Waals surface area contributed by atoms with Crippen molar-refractivity contribution >= 4 is 21.6 Å². The first-order chi connectivity index (χ1) is 8.63.